The minimum atomic E-state index is -4.53. The molecule has 0 saturated heterocycles. The van der Waals surface area contributed by atoms with Gasteiger partial charge in [0, 0.05) is 13.0 Å². The molecule has 0 radical (unpaired) electrons. The quantitative estimate of drug-likeness (QED) is 0.0198. The monoisotopic (exact) mass is 838 g/mol. The molecular weight excluding hydrogens is 746 g/mol. The fourth-order valence-corrected chi connectivity index (χ4v) is 7.11. The molecule has 0 N–H and O–H groups in total. The Morgan fingerprint density at radius 3 is 1.50 bits per heavy atom. The molecule has 0 aliphatic rings. The standard InChI is InChI=1S/C49H92NO7P/c1-6-8-10-12-14-16-18-19-20-21-22-23-24-25-26-27-28-29-30-31-32-33-35-37-39-41-44-54-46-48(47-56-58(52,53)55-45-43-50(3,4)5)57-49(51)42-40-38-36-34-17-15-13-11-9-7-2/h11,13,18-19,21-22,24-25,48H,6-10,12,14-17,20,23,26-47H2,1-5H3/b13-11-,19-18-,22-21-,25-24-. The molecule has 340 valence electrons. The van der Waals surface area contributed by atoms with Crippen LogP contribution in [0.15, 0.2) is 48.6 Å². The fourth-order valence-electron chi connectivity index (χ4n) is 6.38. The molecule has 0 fully saturated rings. The number of allylic oxidation sites excluding steroid dienone is 8. The van der Waals surface area contributed by atoms with Crippen molar-refractivity contribution in [2.45, 2.75) is 206 Å². The van der Waals surface area contributed by atoms with Crippen molar-refractivity contribution < 1.29 is 37.3 Å². The molecule has 0 amide bonds. The van der Waals surface area contributed by atoms with Gasteiger partial charge < -0.3 is 27.9 Å². The van der Waals surface area contributed by atoms with Gasteiger partial charge in [-0.05, 0) is 70.6 Å². The van der Waals surface area contributed by atoms with Gasteiger partial charge in [-0.1, -0.05) is 172 Å². The zero-order chi connectivity index (χ0) is 42.7. The van der Waals surface area contributed by atoms with E-state index >= 15 is 0 Å². The maximum atomic E-state index is 12.6. The smallest absolute Gasteiger partial charge is 0.306 e. The van der Waals surface area contributed by atoms with Crippen LogP contribution in [0.2, 0.25) is 0 Å². The molecule has 2 unspecified atom stereocenters. The predicted octanol–water partition coefficient (Wildman–Crippen LogP) is 13.7. The van der Waals surface area contributed by atoms with Crippen molar-refractivity contribution in [2.24, 2.45) is 0 Å². The number of ether oxygens (including phenoxy) is 2. The highest BCUT2D eigenvalue weighted by Gasteiger charge is 2.20. The van der Waals surface area contributed by atoms with Crippen LogP contribution < -0.4 is 4.89 Å². The summed E-state index contributed by atoms with van der Waals surface area (Å²) in [5.74, 6) is -0.347. The van der Waals surface area contributed by atoms with Gasteiger partial charge in [-0.15, -0.1) is 0 Å². The molecule has 0 aliphatic carbocycles. The van der Waals surface area contributed by atoms with Gasteiger partial charge in [0.2, 0.25) is 0 Å². The third-order valence-electron chi connectivity index (χ3n) is 10.1. The number of carbonyl (C=O) groups is 1. The normalized spacial score (nSPS) is 14.1. The number of likely N-dealkylation sites (N-methyl/N-ethyl adjacent to an activating group) is 1. The molecule has 0 aliphatic heterocycles. The number of quaternary nitrogens is 1. The van der Waals surface area contributed by atoms with Crippen LogP contribution in [0.5, 0.6) is 0 Å². The lowest BCUT2D eigenvalue weighted by molar-refractivity contribution is -0.870. The molecule has 8 nitrogen and oxygen atoms in total. The highest BCUT2D eigenvalue weighted by molar-refractivity contribution is 7.45. The van der Waals surface area contributed by atoms with Crippen LogP contribution in [0.25, 0.3) is 0 Å². The molecule has 2 atom stereocenters. The van der Waals surface area contributed by atoms with E-state index in [4.69, 9.17) is 18.5 Å². The highest BCUT2D eigenvalue weighted by Crippen LogP contribution is 2.38. The van der Waals surface area contributed by atoms with Crippen molar-refractivity contribution in [3.8, 4) is 0 Å². The third kappa shape index (κ3) is 45.5. The van der Waals surface area contributed by atoms with E-state index in [2.05, 4.69) is 62.5 Å². The van der Waals surface area contributed by atoms with Crippen molar-refractivity contribution in [1.29, 1.82) is 0 Å². The summed E-state index contributed by atoms with van der Waals surface area (Å²) in [6.07, 6.45) is 51.4. The molecule has 58 heavy (non-hydrogen) atoms. The SMILES string of the molecule is CCC/C=C\CCCCCCCC(=O)OC(COCCCCCCCCCCCCC/C=C\C/C=C\C/C=C\CCCCCCC)COP(=O)([O-])OCC[N+](C)(C)C. The first-order chi connectivity index (χ1) is 28.1. The molecule has 0 bridgehead atoms. The van der Waals surface area contributed by atoms with E-state index in [-0.39, 0.29) is 25.8 Å². The van der Waals surface area contributed by atoms with E-state index in [1.165, 1.54) is 116 Å². The number of rotatable bonds is 44. The third-order valence-corrected chi connectivity index (χ3v) is 11.0. The molecule has 9 heteroatoms. The van der Waals surface area contributed by atoms with E-state index in [0.717, 1.165) is 64.2 Å². The summed E-state index contributed by atoms with van der Waals surface area (Å²) in [4.78, 5) is 25.0. The van der Waals surface area contributed by atoms with Gasteiger partial charge >= 0.3 is 5.97 Å². The topological polar surface area (TPSA) is 94.1 Å². The maximum absolute atomic E-state index is 12.6. The zero-order valence-electron chi connectivity index (χ0n) is 38.5. The molecule has 0 aromatic carbocycles. The zero-order valence-corrected chi connectivity index (χ0v) is 39.4. The maximum Gasteiger partial charge on any atom is 0.306 e. The number of phosphoric acid groups is 1. The fraction of sp³-hybridized carbons (Fsp3) is 0.816. The summed E-state index contributed by atoms with van der Waals surface area (Å²) in [6, 6.07) is 0. The van der Waals surface area contributed by atoms with Gasteiger partial charge in [-0.3, -0.25) is 9.36 Å². The average molecular weight is 838 g/mol. The van der Waals surface area contributed by atoms with Crippen LogP contribution >= 0.6 is 7.82 Å². The number of esters is 1. The van der Waals surface area contributed by atoms with E-state index < -0.39 is 13.9 Å². The van der Waals surface area contributed by atoms with Crippen molar-refractivity contribution in [3.05, 3.63) is 48.6 Å². The second-order valence-corrected chi connectivity index (χ2v) is 18.5. The van der Waals surface area contributed by atoms with Gasteiger partial charge in [0.25, 0.3) is 7.82 Å². The summed E-state index contributed by atoms with van der Waals surface area (Å²) in [5.41, 5.74) is 0. The van der Waals surface area contributed by atoms with Gasteiger partial charge in [-0.2, -0.15) is 0 Å². The van der Waals surface area contributed by atoms with Crippen molar-refractivity contribution in [3.63, 3.8) is 0 Å². The van der Waals surface area contributed by atoms with Gasteiger partial charge in [0.15, 0.2) is 0 Å². The number of hydrogen-bond acceptors (Lipinski definition) is 7. The Morgan fingerprint density at radius 2 is 0.983 bits per heavy atom. The Morgan fingerprint density at radius 1 is 0.534 bits per heavy atom. The summed E-state index contributed by atoms with van der Waals surface area (Å²) >= 11 is 0. The minimum Gasteiger partial charge on any atom is -0.756 e. The van der Waals surface area contributed by atoms with Crippen LogP contribution in [-0.4, -0.2) is 70.7 Å². The summed E-state index contributed by atoms with van der Waals surface area (Å²) < 4.78 is 34.6. The second-order valence-electron chi connectivity index (χ2n) is 17.1. The summed E-state index contributed by atoms with van der Waals surface area (Å²) in [5, 5.41) is 0. The number of hydrogen-bond donors (Lipinski definition) is 0. The van der Waals surface area contributed by atoms with E-state index in [1.807, 2.05) is 21.1 Å². The Balaban J connectivity index is 4.05. The molecule has 0 aromatic heterocycles. The van der Waals surface area contributed by atoms with E-state index in [1.54, 1.807) is 0 Å². The number of carbonyl (C=O) groups excluding carboxylic acids is 1. The molecular formula is C49H92NO7P. The first-order valence-corrected chi connectivity index (χ1v) is 25.3. The predicted molar refractivity (Wildman–Crippen MR) is 245 cm³/mol. The number of unbranched alkanes of at least 4 members (excludes halogenated alkanes) is 22. The number of nitrogens with zero attached hydrogens (tertiary/aromatic N) is 1. The summed E-state index contributed by atoms with van der Waals surface area (Å²) in [7, 11) is 1.35. The van der Waals surface area contributed by atoms with Crippen LogP contribution in [-0.2, 0) is 27.9 Å². The van der Waals surface area contributed by atoms with Crippen molar-refractivity contribution in [1.82, 2.24) is 0 Å². The van der Waals surface area contributed by atoms with Crippen LogP contribution in [0.4, 0.5) is 0 Å². The van der Waals surface area contributed by atoms with Gasteiger partial charge in [0.05, 0.1) is 34.4 Å². The van der Waals surface area contributed by atoms with Gasteiger partial charge in [0.1, 0.15) is 19.3 Å². The Kier molecular flexibility index (Phi) is 41.0. The molecule has 0 heterocycles. The van der Waals surface area contributed by atoms with Crippen molar-refractivity contribution in [2.75, 3.05) is 54.1 Å². The molecule has 0 spiro atoms. The average Bonchev–Trinajstić information content (AvgIpc) is 3.18. The van der Waals surface area contributed by atoms with Crippen molar-refractivity contribution >= 4 is 13.8 Å². The van der Waals surface area contributed by atoms with Crippen LogP contribution in [0.3, 0.4) is 0 Å². The van der Waals surface area contributed by atoms with Crippen LogP contribution in [0.1, 0.15) is 200 Å². The lowest BCUT2D eigenvalue weighted by Gasteiger charge is -2.28. The molecule has 0 aromatic rings. The first kappa shape index (κ1) is 56.5. The van der Waals surface area contributed by atoms with Crippen LogP contribution in [0, 0.1) is 0 Å². The largest absolute Gasteiger partial charge is 0.756 e. The highest BCUT2D eigenvalue weighted by atomic mass is 31.2. The second kappa shape index (κ2) is 42.2. The van der Waals surface area contributed by atoms with Gasteiger partial charge in [-0.25, -0.2) is 0 Å². The lowest BCUT2D eigenvalue weighted by atomic mass is 10.1. The van der Waals surface area contributed by atoms with E-state index in [9.17, 15) is 14.3 Å². The molecule has 0 saturated carbocycles. The minimum absolute atomic E-state index is 0.0229. The van der Waals surface area contributed by atoms with E-state index in [0.29, 0.717) is 24.1 Å². The first-order valence-electron chi connectivity index (χ1n) is 23.9. The summed E-state index contributed by atoms with van der Waals surface area (Å²) in [6.45, 7) is 5.32. The number of phosphoric ester groups is 1. The Hall–Kier alpha value is -1.54. The molecule has 0 rings (SSSR count). The Bertz CT molecular complexity index is 1070. The Labute approximate surface area is 358 Å². The lowest BCUT2D eigenvalue weighted by Crippen LogP contribution is -2.37.